The average molecular weight is 485 g/mol. The fraction of sp³-hybridized carbons (Fsp3) is 0.231. The van der Waals surface area contributed by atoms with Crippen LogP contribution in [0.5, 0.6) is 11.6 Å². The van der Waals surface area contributed by atoms with E-state index in [1.807, 2.05) is 36.4 Å². The van der Waals surface area contributed by atoms with Crippen LogP contribution < -0.4 is 25.4 Å². The Hall–Kier alpha value is -4.60. The number of hydrogen-bond donors (Lipinski definition) is 4. The van der Waals surface area contributed by atoms with Crippen molar-refractivity contribution in [3.63, 3.8) is 0 Å². The normalized spacial score (nSPS) is 19.6. The highest BCUT2D eigenvalue weighted by Crippen LogP contribution is 2.65. The number of aromatic nitrogens is 3. The minimum atomic E-state index is -0.565. The highest BCUT2D eigenvalue weighted by molar-refractivity contribution is 6.10. The molecule has 1 saturated carbocycles. The molecule has 1 spiro atoms. The molecule has 2 aliphatic rings. The molecule has 4 aromatic rings. The summed E-state index contributed by atoms with van der Waals surface area (Å²) < 4.78 is 10.8. The second-order valence-electron chi connectivity index (χ2n) is 8.93. The van der Waals surface area contributed by atoms with E-state index in [4.69, 9.17) is 9.47 Å². The fourth-order valence-corrected chi connectivity index (χ4v) is 5.12. The number of H-pyrrole nitrogens is 1. The van der Waals surface area contributed by atoms with Gasteiger partial charge in [-0.15, -0.1) is 0 Å². The Bertz CT molecular complexity index is 1550. The minimum absolute atomic E-state index is 0.0302. The third kappa shape index (κ3) is 3.18. The number of amides is 2. The van der Waals surface area contributed by atoms with Gasteiger partial charge in [0, 0.05) is 24.0 Å². The van der Waals surface area contributed by atoms with Gasteiger partial charge >= 0.3 is 0 Å². The van der Waals surface area contributed by atoms with E-state index in [1.54, 1.807) is 26.3 Å². The predicted octanol–water partition coefficient (Wildman–Crippen LogP) is 3.46. The van der Waals surface area contributed by atoms with Crippen molar-refractivity contribution in [2.45, 2.75) is 17.8 Å². The number of carbonyl (C=O) groups excluding carboxylic acids is 2. The lowest BCUT2D eigenvalue weighted by molar-refractivity contribution is -0.118. The Morgan fingerprint density at radius 2 is 1.97 bits per heavy atom. The summed E-state index contributed by atoms with van der Waals surface area (Å²) in [6.45, 7) is 0. The van der Waals surface area contributed by atoms with E-state index in [2.05, 4.69) is 31.1 Å². The molecule has 1 fully saturated rings. The van der Waals surface area contributed by atoms with Crippen LogP contribution in [0.4, 0.5) is 17.2 Å². The van der Waals surface area contributed by atoms with Gasteiger partial charge in [-0.1, -0.05) is 6.07 Å². The molecule has 2 atom stereocenters. The number of pyridine rings is 1. The Labute approximate surface area is 206 Å². The van der Waals surface area contributed by atoms with Crippen LogP contribution in [0.15, 0.2) is 48.5 Å². The summed E-state index contributed by atoms with van der Waals surface area (Å²) in [5.74, 6) is 1.42. The lowest BCUT2D eigenvalue weighted by atomic mass is 9.91. The number of nitrogens with zero attached hydrogens (tertiary/aromatic N) is 2. The molecule has 0 unspecified atom stereocenters. The molecule has 1 aliphatic carbocycles. The second kappa shape index (κ2) is 7.98. The van der Waals surface area contributed by atoms with E-state index in [0.717, 1.165) is 39.9 Å². The highest BCUT2D eigenvalue weighted by atomic mass is 16.5. The smallest absolute Gasteiger partial charge is 0.269 e. The van der Waals surface area contributed by atoms with Crippen LogP contribution in [0.3, 0.4) is 0 Å². The summed E-state index contributed by atoms with van der Waals surface area (Å²) in [6.07, 6.45) is 0.740. The molecule has 182 valence electrons. The number of fused-ring (bicyclic) bond motifs is 3. The molecule has 4 N–H and O–H groups in total. The largest absolute Gasteiger partial charge is 0.497 e. The van der Waals surface area contributed by atoms with Gasteiger partial charge in [0.2, 0.25) is 11.8 Å². The molecule has 2 amide bonds. The number of aromatic amines is 1. The van der Waals surface area contributed by atoms with Gasteiger partial charge in [0.25, 0.3) is 5.91 Å². The monoisotopic (exact) mass is 484 g/mol. The maximum Gasteiger partial charge on any atom is 0.269 e. The van der Waals surface area contributed by atoms with Gasteiger partial charge in [-0.2, -0.15) is 5.10 Å². The van der Waals surface area contributed by atoms with Crippen molar-refractivity contribution in [3.8, 4) is 11.6 Å². The van der Waals surface area contributed by atoms with Crippen molar-refractivity contribution in [1.82, 2.24) is 20.5 Å². The molecule has 10 nitrogen and oxygen atoms in total. The summed E-state index contributed by atoms with van der Waals surface area (Å²) >= 11 is 0. The van der Waals surface area contributed by atoms with Gasteiger partial charge in [0.1, 0.15) is 17.1 Å². The summed E-state index contributed by atoms with van der Waals surface area (Å²) in [5, 5.41) is 17.2. The van der Waals surface area contributed by atoms with Gasteiger partial charge in [-0.3, -0.25) is 14.7 Å². The summed E-state index contributed by atoms with van der Waals surface area (Å²) in [4.78, 5) is 29.1. The number of rotatable bonds is 6. The first-order valence-electron chi connectivity index (χ1n) is 11.5. The van der Waals surface area contributed by atoms with Crippen molar-refractivity contribution < 1.29 is 19.1 Å². The third-order valence-electron chi connectivity index (χ3n) is 7.08. The lowest BCUT2D eigenvalue weighted by Crippen LogP contribution is -2.21. The van der Waals surface area contributed by atoms with Crippen molar-refractivity contribution in [2.75, 3.05) is 31.9 Å². The number of hydrogen-bond acceptors (Lipinski definition) is 7. The number of methoxy groups -OCH3 is 2. The third-order valence-corrected chi connectivity index (χ3v) is 7.08. The minimum Gasteiger partial charge on any atom is -0.497 e. The van der Waals surface area contributed by atoms with Crippen LogP contribution in [0.1, 0.15) is 34.0 Å². The predicted molar refractivity (Wildman–Crippen MR) is 134 cm³/mol. The summed E-state index contributed by atoms with van der Waals surface area (Å²) in [5.41, 5.74) is 4.02. The number of ether oxygens (including phenoxy) is 2. The first kappa shape index (κ1) is 21.9. The number of nitrogens with one attached hydrogen (secondary N) is 4. The summed E-state index contributed by atoms with van der Waals surface area (Å²) in [7, 11) is 4.67. The zero-order valence-electron chi connectivity index (χ0n) is 19.9. The first-order chi connectivity index (χ1) is 17.5. The molecule has 0 saturated heterocycles. The molecular formula is C26H24N6O4. The molecule has 0 bridgehead atoms. The van der Waals surface area contributed by atoms with E-state index in [-0.39, 0.29) is 29.3 Å². The van der Waals surface area contributed by atoms with Gasteiger partial charge < -0.3 is 25.4 Å². The first-order valence-corrected chi connectivity index (χ1v) is 11.5. The SMILES string of the molecule is CNC(=O)c1ccc(Nc2n[nH]c3cc([C@@H]4C[C@@]45C(=O)Nc4ccc(OC)cc45)ccc23)c(OC)n1. The molecule has 3 heterocycles. The summed E-state index contributed by atoms with van der Waals surface area (Å²) in [6, 6.07) is 15.1. The molecular weight excluding hydrogens is 460 g/mol. The Kier molecular flexibility index (Phi) is 4.85. The van der Waals surface area contributed by atoms with Crippen LogP contribution in [0, 0.1) is 0 Å². The molecule has 2 aromatic heterocycles. The Morgan fingerprint density at radius 1 is 1.11 bits per heavy atom. The molecule has 36 heavy (non-hydrogen) atoms. The molecule has 0 radical (unpaired) electrons. The second-order valence-corrected chi connectivity index (χ2v) is 8.93. The van der Waals surface area contributed by atoms with Gasteiger partial charge in [-0.25, -0.2) is 4.98 Å². The molecule has 1 aliphatic heterocycles. The maximum atomic E-state index is 13.0. The van der Waals surface area contributed by atoms with Gasteiger partial charge in [-0.05, 0) is 60.0 Å². The van der Waals surface area contributed by atoms with E-state index in [9.17, 15) is 9.59 Å². The van der Waals surface area contributed by atoms with Gasteiger partial charge in [0.05, 0.1) is 25.2 Å². The number of carbonyl (C=O) groups is 2. The average Bonchev–Trinajstić information content (AvgIpc) is 3.46. The standard InChI is InChI=1S/C26H24N6O4/c1-27-23(33)19-8-9-20(24(29-19)36-3)28-22-15-6-4-13(10-21(15)31-32-22)17-12-26(17)16-11-14(35-2)5-7-18(16)30-25(26)34/h4-11,17H,12H2,1-3H3,(H,27,33)(H,30,34)(H2,28,31,32)/t17-,26-/m0/s1. The van der Waals surface area contributed by atoms with Crippen LogP contribution in [-0.4, -0.2) is 48.3 Å². The molecule has 10 heteroatoms. The lowest BCUT2D eigenvalue weighted by Gasteiger charge is -2.11. The highest BCUT2D eigenvalue weighted by Gasteiger charge is 2.65. The van der Waals surface area contributed by atoms with Crippen LogP contribution >= 0.6 is 0 Å². The van der Waals surface area contributed by atoms with E-state index in [0.29, 0.717) is 11.5 Å². The van der Waals surface area contributed by atoms with Gasteiger partial charge in [0.15, 0.2) is 5.82 Å². The van der Waals surface area contributed by atoms with Crippen LogP contribution in [0.25, 0.3) is 10.9 Å². The quantitative estimate of drug-likeness (QED) is 0.330. The number of benzene rings is 2. The molecule has 2 aromatic carbocycles. The number of anilines is 3. The van der Waals surface area contributed by atoms with E-state index >= 15 is 0 Å². The van der Waals surface area contributed by atoms with Crippen molar-refractivity contribution >= 4 is 39.9 Å². The molecule has 6 rings (SSSR count). The zero-order valence-corrected chi connectivity index (χ0v) is 19.9. The van der Waals surface area contributed by atoms with E-state index < -0.39 is 5.41 Å². The fourth-order valence-electron chi connectivity index (χ4n) is 5.12. The van der Waals surface area contributed by atoms with Crippen molar-refractivity contribution in [2.24, 2.45) is 0 Å². The Morgan fingerprint density at radius 3 is 2.75 bits per heavy atom. The van der Waals surface area contributed by atoms with Crippen LogP contribution in [-0.2, 0) is 10.2 Å². The van der Waals surface area contributed by atoms with Crippen LogP contribution in [0.2, 0.25) is 0 Å². The van der Waals surface area contributed by atoms with Crippen molar-refractivity contribution in [1.29, 1.82) is 0 Å². The topological polar surface area (TPSA) is 130 Å². The van der Waals surface area contributed by atoms with Crippen molar-refractivity contribution in [3.05, 3.63) is 65.4 Å². The Balaban J connectivity index is 1.29. The zero-order chi connectivity index (χ0) is 25.0. The van der Waals surface area contributed by atoms with E-state index in [1.165, 1.54) is 7.11 Å². The maximum absolute atomic E-state index is 13.0.